The molecule has 0 saturated carbocycles. The smallest absolute Gasteiger partial charge is 0.0894 e. The van der Waals surface area contributed by atoms with E-state index in [9.17, 15) is 4.39 Å². The van der Waals surface area contributed by atoms with Gasteiger partial charge in [-0.05, 0) is 12.8 Å². The van der Waals surface area contributed by atoms with Gasteiger partial charge in [0.1, 0.15) is 0 Å². The molecule has 85 valence electrons. The number of rotatable bonds is 11. The molecule has 0 saturated heterocycles. The van der Waals surface area contributed by atoms with Crippen molar-refractivity contribution in [1.29, 1.82) is 0 Å². The zero-order valence-electron chi connectivity index (χ0n) is 9.73. The highest BCUT2D eigenvalue weighted by Crippen LogP contribution is 2.10. The van der Waals surface area contributed by atoms with Crippen molar-refractivity contribution in [1.82, 2.24) is 0 Å². The predicted molar refractivity (Wildman–Crippen MR) is 62.1 cm³/mol. The van der Waals surface area contributed by atoms with Gasteiger partial charge in [-0.25, -0.2) is 0 Å². The Hall–Kier alpha value is -0.0700. The number of alkyl halides is 1. The molecular weight excluding hydrogens is 175 g/mol. The molecule has 0 fully saturated rings. The van der Waals surface area contributed by atoms with E-state index in [4.69, 9.17) is 0 Å². The monoisotopic (exact) mass is 201 g/mol. The summed E-state index contributed by atoms with van der Waals surface area (Å²) in [5.41, 5.74) is 0. The van der Waals surface area contributed by atoms with Crippen LogP contribution in [0.5, 0.6) is 0 Å². The van der Waals surface area contributed by atoms with Gasteiger partial charge in [-0.15, -0.1) is 0 Å². The molecule has 1 heteroatoms. The van der Waals surface area contributed by atoms with E-state index in [2.05, 4.69) is 13.3 Å². The summed E-state index contributed by atoms with van der Waals surface area (Å²) in [6.45, 7) is 2.10. The molecule has 0 amide bonds. The first kappa shape index (κ1) is 13.9. The second-order valence-electron chi connectivity index (χ2n) is 4.03. The molecule has 0 heterocycles. The zero-order chi connectivity index (χ0) is 10.5. The molecule has 0 bridgehead atoms. The Kier molecular flexibility index (Phi) is 12.9. The summed E-state index contributed by atoms with van der Waals surface area (Å²) in [5, 5.41) is 0. The number of hydrogen-bond acceptors (Lipinski definition) is 0. The lowest BCUT2D eigenvalue weighted by molar-refractivity contribution is 0.459. The van der Waals surface area contributed by atoms with Crippen molar-refractivity contribution < 1.29 is 4.39 Å². The molecule has 0 aromatic carbocycles. The molecule has 0 aliphatic carbocycles. The van der Waals surface area contributed by atoms with Crippen LogP contribution in [0.25, 0.3) is 0 Å². The van der Waals surface area contributed by atoms with E-state index >= 15 is 0 Å². The first-order chi connectivity index (χ1) is 6.91. The first-order valence-corrected chi connectivity index (χ1v) is 6.29. The molecule has 0 aliphatic heterocycles. The van der Waals surface area contributed by atoms with Crippen molar-refractivity contribution in [3.05, 3.63) is 6.42 Å². The molecule has 0 nitrogen and oxygen atoms in total. The Labute approximate surface area is 89.3 Å². The quantitative estimate of drug-likeness (QED) is 0.409. The maximum atomic E-state index is 11.7. The van der Waals surface area contributed by atoms with E-state index < -0.39 is 0 Å². The van der Waals surface area contributed by atoms with E-state index in [1.54, 1.807) is 0 Å². The zero-order valence-corrected chi connectivity index (χ0v) is 9.73. The molecule has 0 rings (SSSR count). The van der Waals surface area contributed by atoms with Crippen LogP contribution in [0.15, 0.2) is 0 Å². The van der Waals surface area contributed by atoms with Crippen molar-refractivity contribution in [2.24, 2.45) is 0 Å². The number of hydrogen-bond donors (Lipinski definition) is 0. The second kappa shape index (κ2) is 12.9. The van der Waals surface area contributed by atoms with Crippen LogP contribution in [0, 0.1) is 6.42 Å². The molecular formula is C13H26F. The highest BCUT2D eigenvalue weighted by molar-refractivity contribution is 4.64. The third-order valence-corrected chi connectivity index (χ3v) is 2.55. The summed E-state index contributed by atoms with van der Waals surface area (Å²) in [6.07, 6.45) is 14.7. The van der Waals surface area contributed by atoms with Crippen LogP contribution in [0.1, 0.15) is 71.1 Å². The van der Waals surface area contributed by atoms with Gasteiger partial charge < -0.3 is 0 Å². The lowest BCUT2D eigenvalue weighted by Gasteiger charge is -2.00. The van der Waals surface area contributed by atoms with Crippen molar-refractivity contribution >= 4 is 0 Å². The van der Waals surface area contributed by atoms with E-state index in [1.807, 2.05) is 0 Å². The lowest BCUT2D eigenvalue weighted by atomic mass is 10.1. The lowest BCUT2D eigenvalue weighted by Crippen LogP contribution is -1.83. The molecule has 14 heavy (non-hydrogen) atoms. The third kappa shape index (κ3) is 11.9. The van der Waals surface area contributed by atoms with Gasteiger partial charge in [0, 0.05) is 0 Å². The van der Waals surface area contributed by atoms with Crippen LogP contribution < -0.4 is 0 Å². The van der Waals surface area contributed by atoms with Gasteiger partial charge >= 0.3 is 0 Å². The van der Waals surface area contributed by atoms with Gasteiger partial charge in [-0.3, -0.25) is 4.39 Å². The Balaban J connectivity index is 2.78. The van der Waals surface area contributed by atoms with Crippen LogP contribution in [0.4, 0.5) is 4.39 Å². The minimum atomic E-state index is -0.148. The summed E-state index contributed by atoms with van der Waals surface area (Å²) in [7, 11) is 0. The number of unbranched alkanes of at least 4 members (excludes halogenated alkanes) is 10. The highest BCUT2D eigenvalue weighted by Gasteiger charge is 1.92. The van der Waals surface area contributed by atoms with Gasteiger partial charge in [0.05, 0.1) is 6.67 Å². The van der Waals surface area contributed by atoms with E-state index in [1.165, 1.54) is 44.9 Å². The Morgan fingerprint density at radius 3 is 2.00 bits per heavy atom. The number of halogens is 1. The molecule has 0 aromatic rings. The Bertz CT molecular complexity index is 79.2. The van der Waals surface area contributed by atoms with Gasteiger partial charge in [0.2, 0.25) is 0 Å². The van der Waals surface area contributed by atoms with Gasteiger partial charge in [0.15, 0.2) is 0 Å². The SMILES string of the molecule is CCCCCCCC[CH]CCCCF. The Morgan fingerprint density at radius 2 is 1.36 bits per heavy atom. The average Bonchev–Trinajstić information content (AvgIpc) is 2.21. The standard InChI is InChI=1S/C13H26F/c1-2-3-4-5-6-7-8-9-10-11-12-13-14/h9H,2-8,10-13H2,1H3. The van der Waals surface area contributed by atoms with E-state index in [0.717, 1.165) is 19.3 Å². The summed E-state index contributed by atoms with van der Waals surface area (Å²) in [4.78, 5) is 0. The van der Waals surface area contributed by atoms with Crippen LogP contribution in [-0.4, -0.2) is 6.67 Å². The fourth-order valence-electron chi connectivity index (χ4n) is 1.60. The van der Waals surface area contributed by atoms with Crippen molar-refractivity contribution in [3.8, 4) is 0 Å². The maximum Gasteiger partial charge on any atom is 0.0894 e. The second-order valence-corrected chi connectivity index (χ2v) is 4.03. The maximum absolute atomic E-state index is 11.7. The largest absolute Gasteiger partial charge is 0.251 e. The summed E-state index contributed by atoms with van der Waals surface area (Å²) in [5.74, 6) is 0. The summed E-state index contributed by atoms with van der Waals surface area (Å²) < 4.78 is 11.7. The van der Waals surface area contributed by atoms with E-state index in [0.29, 0.717) is 0 Å². The third-order valence-electron chi connectivity index (χ3n) is 2.55. The fourth-order valence-corrected chi connectivity index (χ4v) is 1.60. The van der Waals surface area contributed by atoms with Gasteiger partial charge in [0.25, 0.3) is 0 Å². The first-order valence-electron chi connectivity index (χ1n) is 6.29. The molecule has 0 spiro atoms. The molecule has 0 N–H and O–H groups in total. The minimum Gasteiger partial charge on any atom is -0.251 e. The molecule has 0 atom stereocenters. The average molecular weight is 201 g/mol. The fraction of sp³-hybridized carbons (Fsp3) is 0.923. The molecule has 1 radical (unpaired) electrons. The predicted octanol–water partition coefficient (Wildman–Crippen LogP) is 5.08. The van der Waals surface area contributed by atoms with Crippen LogP contribution in [0.3, 0.4) is 0 Å². The molecule has 0 aliphatic rings. The normalized spacial score (nSPS) is 10.7. The molecule has 0 unspecified atom stereocenters. The van der Waals surface area contributed by atoms with Crippen molar-refractivity contribution in [2.75, 3.05) is 6.67 Å². The summed E-state index contributed by atoms with van der Waals surface area (Å²) >= 11 is 0. The van der Waals surface area contributed by atoms with Crippen LogP contribution >= 0.6 is 0 Å². The van der Waals surface area contributed by atoms with Gasteiger partial charge in [-0.1, -0.05) is 64.7 Å². The topological polar surface area (TPSA) is 0 Å². The Morgan fingerprint density at radius 1 is 0.786 bits per heavy atom. The van der Waals surface area contributed by atoms with Gasteiger partial charge in [-0.2, -0.15) is 0 Å². The molecule has 0 aromatic heterocycles. The van der Waals surface area contributed by atoms with E-state index in [-0.39, 0.29) is 6.67 Å². The highest BCUT2D eigenvalue weighted by atomic mass is 19.1. The minimum absolute atomic E-state index is 0.148. The van der Waals surface area contributed by atoms with Crippen molar-refractivity contribution in [3.63, 3.8) is 0 Å². The van der Waals surface area contributed by atoms with Crippen LogP contribution in [0.2, 0.25) is 0 Å². The summed E-state index contributed by atoms with van der Waals surface area (Å²) in [6, 6.07) is 0. The van der Waals surface area contributed by atoms with Crippen LogP contribution in [-0.2, 0) is 0 Å². The van der Waals surface area contributed by atoms with Crippen molar-refractivity contribution in [2.45, 2.75) is 71.1 Å².